The van der Waals surface area contributed by atoms with Crippen LogP contribution in [0, 0.1) is 5.41 Å². The van der Waals surface area contributed by atoms with Gasteiger partial charge in [-0.2, -0.15) is 0 Å². The third kappa shape index (κ3) is 2.02. The highest BCUT2D eigenvalue weighted by molar-refractivity contribution is 5.08. The molecule has 1 saturated carbocycles. The maximum absolute atomic E-state index is 6.10. The number of likely N-dealkylation sites (N-methyl/N-ethyl adjacent to an activating group) is 1. The third-order valence-electron chi connectivity index (χ3n) is 4.69. The zero-order valence-corrected chi connectivity index (χ0v) is 11.2. The van der Waals surface area contributed by atoms with Crippen molar-refractivity contribution in [1.82, 2.24) is 4.90 Å². The summed E-state index contributed by atoms with van der Waals surface area (Å²) in [6, 6.07) is 3.97. The number of hydrogen-bond acceptors (Lipinski definition) is 3. The molecule has 3 nitrogen and oxygen atoms in total. The molecule has 0 aromatic carbocycles. The van der Waals surface area contributed by atoms with Crippen molar-refractivity contribution in [3.8, 4) is 0 Å². The van der Waals surface area contributed by atoms with E-state index in [0.717, 1.165) is 18.8 Å². The molecular formula is C14H24N2O. The van der Waals surface area contributed by atoms with E-state index in [1.54, 1.807) is 6.26 Å². The van der Waals surface area contributed by atoms with Crippen LogP contribution in [-0.4, -0.2) is 24.0 Å². The van der Waals surface area contributed by atoms with Crippen molar-refractivity contribution in [3.05, 3.63) is 24.2 Å². The largest absolute Gasteiger partial charge is 0.468 e. The number of hydrogen-bond donors (Lipinski definition) is 1. The second-order valence-electron chi connectivity index (χ2n) is 5.91. The van der Waals surface area contributed by atoms with E-state index in [0.29, 0.717) is 0 Å². The molecule has 1 aliphatic carbocycles. The summed E-state index contributed by atoms with van der Waals surface area (Å²) in [5.41, 5.74) is 6.49. The lowest BCUT2D eigenvalue weighted by atomic mass is 9.74. The van der Waals surface area contributed by atoms with Crippen molar-refractivity contribution in [2.75, 3.05) is 13.6 Å². The molecular weight excluding hydrogens is 212 g/mol. The van der Waals surface area contributed by atoms with Gasteiger partial charge in [0.1, 0.15) is 5.76 Å². The Hall–Kier alpha value is -0.800. The fourth-order valence-electron chi connectivity index (χ4n) is 3.42. The van der Waals surface area contributed by atoms with Gasteiger partial charge in [0.15, 0.2) is 0 Å². The van der Waals surface area contributed by atoms with Gasteiger partial charge in [0.2, 0.25) is 0 Å². The maximum Gasteiger partial charge on any atom is 0.117 e. The van der Waals surface area contributed by atoms with Gasteiger partial charge >= 0.3 is 0 Å². The molecule has 17 heavy (non-hydrogen) atoms. The van der Waals surface area contributed by atoms with Crippen molar-refractivity contribution in [2.45, 2.75) is 45.2 Å². The topological polar surface area (TPSA) is 42.4 Å². The molecule has 1 unspecified atom stereocenters. The van der Waals surface area contributed by atoms with Crippen LogP contribution in [0.1, 0.15) is 38.9 Å². The smallest absolute Gasteiger partial charge is 0.117 e. The molecule has 1 atom stereocenters. The lowest BCUT2D eigenvalue weighted by Crippen LogP contribution is -2.57. The molecule has 1 aliphatic rings. The van der Waals surface area contributed by atoms with Crippen LogP contribution in [0.15, 0.2) is 22.8 Å². The average Bonchev–Trinajstić information content (AvgIpc) is 2.85. The minimum Gasteiger partial charge on any atom is -0.468 e. The minimum atomic E-state index is 0.111. The van der Waals surface area contributed by atoms with Gasteiger partial charge in [-0.1, -0.05) is 20.3 Å². The zero-order chi connectivity index (χ0) is 12.5. The molecule has 0 bridgehead atoms. The number of rotatable bonds is 4. The van der Waals surface area contributed by atoms with Crippen molar-refractivity contribution in [3.63, 3.8) is 0 Å². The average molecular weight is 236 g/mol. The molecule has 0 radical (unpaired) electrons. The molecule has 0 spiro atoms. The Labute approximate surface area is 104 Å². The molecule has 3 heteroatoms. The molecule has 0 amide bonds. The van der Waals surface area contributed by atoms with Crippen LogP contribution in [0.3, 0.4) is 0 Å². The van der Waals surface area contributed by atoms with Crippen LogP contribution < -0.4 is 5.73 Å². The van der Waals surface area contributed by atoms with Crippen LogP contribution in [-0.2, 0) is 6.54 Å². The Kier molecular flexibility index (Phi) is 3.32. The lowest BCUT2D eigenvalue weighted by molar-refractivity contribution is 0.0232. The highest BCUT2D eigenvalue weighted by Gasteiger charge is 2.50. The minimum absolute atomic E-state index is 0.111. The molecule has 1 heterocycles. The number of nitrogens with two attached hydrogens (primary N) is 1. The van der Waals surface area contributed by atoms with Gasteiger partial charge in [-0.15, -0.1) is 0 Å². The summed E-state index contributed by atoms with van der Waals surface area (Å²) >= 11 is 0. The first kappa shape index (κ1) is 12.7. The first-order valence-corrected chi connectivity index (χ1v) is 6.45. The van der Waals surface area contributed by atoms with Crippen LogP contribution in [0.5, 0.6) is 0 Å². The van der Waals surface area contributed by atoms with E-state index in [2.05, 4.69) is 25.8 Å². The summed E-state index contributed by atoms with van der Waals surface area (Å²) in [4.78, 5) is 2.39. The molecule has 2 N–H and O–H groups in total. The van der Waals surface area contributed by atoms with Crippen LogP contribution in [0.25, 0.3) is 0 Å². The summed E-state index contributed by atoms with van der Waals surface area (Å²) in [6.07, 6.45) is 5.45. The first-order valence-electron chi connectivity index (χ1n) is 6.45. The van der Waals surface area contributed by atoms with Gasteiger partial charge in [-0.3, -0.25) is 4.90 Å². The summed E-state index contributed by atoms with van der Waals surface area (Å²) in [6.45, 7) is 6.24. The van der Waals surface area contributed by atoms with E-state index < -0.39 is 0 Å². The molecule has 1 aromatic heterocycles. The Morgan fingerprint density at radius 3 is 2.65 bits per heavy atom. The first-order chi connectivity index (χ1) is 8.02. The monoisotopic (exact) mass is 236 g/mol. The van der Waals surface area contributed by atoms with E-state index in [1.165, 1.54) is 19.3 Å². The Morgan fingerprint density at radius 2 is 2.18 bits per heavy atom. The lowest BCUT2D eigenvalue weighted by Gasteiger charge is -2.47. The van der Waals surface area contributed by atoms with E-state index in [-0.39, 0.29) is 11.0 Å². The standard InChI is InChI=1S/C14H24N2O/c1-13(2)7-5-8-14(13,11-15)16(3)10-12-6-4-9-17-12/h4,6,9H,5,7-8,10-11,15H2,1-3H3. The molecule has 1 aromatic rings. The normalized spacial score (nSPS) is 27.8. The fraction of sp³-hybridized carbons (Fsp3) is 0.714. The van der Waals surface area contributed by atoms with Crippen LogP contribution in [0.2, 0.25) is 0 Å². The molecule has 96 valence electrons. The third-order valence-corrected chi connectivity index (χ3v) is 4.69. The van der Waals surface area contributed by atoms with Gasteiger partial charge < -0.3 is 10.2 Å². The van der Waals surface area contributed by atoms with E-state index in [9.17, 15) is 0 Å². The van der Waals surface area contributed by atoms with Crippen LogP contribution in [0.4, 0.5) is 0 Å². The second-order valence-corrected chi connectivity index (χ2v) is 5.91. The zero-order valence-electron chi connectivity index (χ0n) is 11.2. The highest BCUT2D eigenvalue weighted by Crippen LogP contribution is 2.48. The molecule has 0 aliphatic heterocycles. The van der Waals surface area contributed by atoms with E-state index >= 15 is 0 Å². The van der Waals surface area contributed by atoms with Gasteiger partial charge in [-0.25, -0.2) is 0 Å². The predicted molar refractivity (Wildman–Crippen MR) is 69.6 cm³/mol. The van der Waals surface area contributed by atoms with Gasteiger partial charge in [0.05, 0.1) is 12.8 Å². The Morgan fingerprint density at radius 1 is 1.41 bits per heavy atom. The molecule has 2 rings (SSSR count). The summed E-state index contributed by atoms with van der Waals surface area (Å²) in [7, 11) is 2.17. The van der Waals surface area contributed by atoms with E-state index in [1.807, 2.05) is 12.1 Å². The van der Waals surface area contributed by atoms with Crippen LogP contribution >= 0.6 is 0 Å². The number of nitrogens with zero attached hydrogens (tertiary/aromatic N) is 1. The predicted octanol–water partition coefficient (Wildman–Crippen LogP) is 2.62. The van der Waals surface area contributed by atoms with Gasteiger partial charge in [0.25, 0.3) is 0 Å². The molecule has 1 fully saturated rings. The van der Waals surface area contributed by atoms with Crippen molar-refractivity contribution in [1.29, 1.82) is 0 Å². The highest BCUT2D eigenvalue weighted by atomic mass is 16.3. The van der Waals surface area contributed by atoms with Crippen molar-refractivity contribution >= 4 is 0 Å². The summed E-state index contributed by atoms with van der Waals surface area (Å²) in [5, 5.41) is 0. The Bertz CT molecular complexity index is 358. The van der Waals surface area contributed by atoms with Gasteiger partial charge in [0, 0.05) is 12.1 Å². The van der Waals surface area contributed by atoms with Gasteiger partial charge in [-0.05, 0) is 37.4 Å². The second kappa shape index (κ2) is 4.46. The number of furan rings is 1. The van der Waals surface area contributed by atoms with E-state index in [4.69, 9.17) is 10.2 Å². The quantitative estimate of drug-likeness (QED) is 0.874. The maximum atomic E-state index is 6.10. The van der Waals surface area contributed by atoms with Crippen molar-refractivity contribution in [2.24, 2.45) is 11.1 Å². The Balaban J connectivity index is 2.18. The molecule has 0 saturated heterocycles. The van der Waals surface area contributed by atoms with Crippen molar-refractivity contribution < 1.29 is 4.42 Å². The SMILES string of the molecule is CN(Cc1ccco1)C1(CN)CCCC1(C)C. The summed E-state index contributed by atoms with van der Waals surface area (Å²) < 4.78 is 5.44. The fourth-order valence-corrected chi connectivity index (χ4v) is 3.42. The summed E-state index contributed by atoms with van der Waals surface area (Å²) in [5.74, 6) is 1.02.